The van der Waals surface area contributed by atoms with E-state index in [0.717, 1.165) is 12.8 Å². The minimum Gasteiger partial charge on any atom is -0.388 e. The standard InChI is InChI=1S/C12H22N2O3/c1-8-3-2-4-12(13,5-8)11(17)14-6-9(15)10(16)7-14/h8-10,15-16H,2-7,13H2,1H3. The van der Waals surface area contributed by atoms with Gasteiger partial charge in [-0.15, -0.1) is 0 Å². The highest BCUT2D eigenvalue weighted by molar-refractivity contribution is 5.86. The summed E-state index contributed by atoms with van der Waals surface area (Å²) in [6.45, 7) is 2.52. The maximum atomic E-state index is 12.3. The van der Waals surface area contributed by atoms with E-state index in [1.807, 2.05) is 0 Å². The molecule has 1 saturated heterocycles. The average molecular weight is 242 g/mol. The first-order valence-corrected chi connectivity index (χ1v) is 6.37. The summed E-state index contributed by atoms with van der Waals surface area (Å²) in [6.07, 6.45) is 1.85. The van der Waals surface area contributed by atoms with Crippen molar-refractivity contribution in [1.82, 2.24) is 4.90 Å². The van der Waals surface area contributed by atoms with E-state index in [1.54, 1.807) is 0 Å². The molecule has 4 N–H and O–H groups in total. The van der Waals surface area contributed by atoms with Crippen molar-refractivity contribution in [3.05, 3.63) is 0 Å². The molecule has 0 spiro atoms. The van der Waals surface area contributed by atoms with Gasteiger partial charge in [-0.05, 0) is 18.8 Å². The van der Waals surface area contributed by atoms with Crippen LogP contribution in [-0.2, 0) is 4.79 Å². The van der Waals surface area contributed by atoms with Gasteiger partial charge in [-0.2, -0.15) is 0 Å². The van der Waals surface area contributed by atoms with Gasteiger partial charge >= 0.3 is 0 Å². The maximum absolute atomic E-state index is 12.3. The van der Waals surface area contributed by atoms with E-state index < -0.39 is 17.7 Å². The van der Waals surface area contributed by atoms with Gasteiger partial charge in [-0.25, -0.2) is 0 Å². The Morgan fingerprint density at radius 1 is 1.35 bits per heavy atom. The Morgan fingerprint density at radius 3 is 2.47 bits per heavy atom. The summed E-state index contributed by atoms with van der Waals surface area (Å²) < 4.78 is 0. The van der Waals surface area contributed by atoms with Gasteiger partial charge in [-0.1, -0.05) is 19.8 Å². The highest BCUT2D eigenvalue weighted by Gasteiger charge is 2.44. The number of nitrogens with two attached hydrogens (primary N) is 1. The summed E-state index contributed by atoms with van der Waals surface area (Å²) >= 11 is 0. The normalized spacial score (nSPS) is 42.8. The Kier molecular flexibility index (Phi) is 3.43. The first kappa shape index (κ1) is 12.8. The van der Waals surface area contributed by atoms with E-state index in [0.29, 0.717) is 18.8 Å². The summed E-state index contributed by atoms with van der Waals surface area (Å²) in [7, 11) is 0. The molecule has 5 heteroatoms. The number of rotatable bonds is 1. The Balaban J connectivity index is 2.04. The molecule has 98 valence electrons. The lowest BCUT2D eigenvalue weighted by Crippen LogP contribution is -2.57. The quantitative estimate of drug-likeness (QED) is 0.576. The fourth-order valence-corrected chi connectivity index (χ4v) is 3.04. The first-order valence-electron chi connectivity index (χ1n) is 6.37. The van der Waals surface area contributed by atoms with Gasteiger partial charge in [0.1, 0.15) is 0 Å². The molecule has 0 bridgehead atoms. The predicted molar refractivity (Wildman–Crippen MR) is 63.1 cm³/mol. The monoisotopic (exact) mass is 242 g/mol. The highest BCUT2D eigenvalue weighted by atomic mass is 16.3. The predicted octanol–water partition coefficient (Wildman–Crippen LogP) is -0.542. The number of carbonyl (C=O) groups excluding carboxylic acids is 1. The Bertz CT molecular complexity index is 300. The molecule has 0 aromatic carbocycles. The molecule has 4 unspecified atom stereocenters. The third-order valence-electron chi connectivity index (χ3n) is 4.00. The van der Waals surface area contributed by atoms with Crippen LogP contribution < -0.4 is 5.73 Å². The van der Waals surface area contributed by atoms with E-state index in [4.69, 9.17) is 5.73 Å². The van der Waals surface area contributed by atoms with Gasteiger partial charge in [0.15, 0.2) is 0 Å². The number of β-amino-alcohol motifs (C(OH)–C–C–N with tert-alkyl or cyclic N) is 2. The van der Waals surface area contributed by atoms with Gasteiger partial charge in [0.25, 0.3) is 0 Å². The summed E-state index contributed by atoms with van der Waals surface area (Å²) in [5.41, 5.74) is 5.42. The van der Waals surface area contributed by atoms with Crippen molar-refractivity contribution in [1.29, 1.82) is 0 Å². The molecule has 2 aliphatic rings. The average Bonchev–Trinajstić information content (AvgIpc) is 2.58. The van der Waals surface area contributed by atoms with Crippen LogP contribution in [0.15, 0.2) is 0 Å². The number of aliphatic hydroxyl groups excluding tert-OH is 2. The van der Waals surface area contributed by atoms with Crippen molar-refractivity contribution in [2.45, 2.75) is 50.4 Å². The fourth-order valence-electron chi connectivity index (χ4n) is 3.04. The Labute approximate surface area is 102 Å². The number of carbonyl (C=O) groups is 1. The summed E-state index contributed by atoms with van der Waals surface area (Å²) in [5, 5.41) is 18.9. The largest absolute Gasteiger partial charge is 0.388 e. The molecule has 1 aliphatic heterocycles. The molecule has 2 rings (SSSR count). The third-order valence-corrected chi connectivity index (χ3v) is 4.00. The molecule has 4 atom stereocenters. The van der Waals surface area contributed by atoms with Crippen LogP contribution in [0.3, 0.4) is 0 Å². The number of amides is 1. The Hall–Kier alpha value is -0.650. The zero-order valence-corrected chi connectivity index (χ0v) is 10.3. The molecule has 0 radical (unpaired) electrons. The van der Waals surface area contributed by atoms with Gasteiger partial charge in [0.05, 0.1) is 17.7 Å². The van der Waals surface area contributed by atoms with Gasteiger partial charge < -0.3 is 20.8 Å². The van der Waals surface area contributed by atoms with Crippen LogP contribution in [0.5, 0.6) is 0 Å². The number of hydrogen-bond acceptors (Lipinski definition) is 4. The fraction of sp³-hybridized carbons (Fsp3) is 0.917. The van der Waals surface area contributed by atoms with Gasteiger partial charge in [0, 0.05) is 13.1 Å². The van der Waals surface area contributed by atoms with Crippen LogP contribution in [0.2, 0.25) is 0 Å². The van der Waals surface area contributed by atoms with Gasteiger partial charge in [-0.3, -0.25) is 4.79 Å². The molecule has 1 aliphatic carbocycles. The lowest BCUT2D eigenvalue weighted by Gasteiger charge is -2.37. The van der Waals surface area contributed by atoms with Gasteiger partial charge in [0.2, 0.25) is 5.91 Å². The number of aliphatic hydroxyl groups is 2. The zero-order chi connectivity index (χ0) is 12.6. The van der Waals surface area contributed by atoms with Crippen LogP contribution >= 0.6 is 0 Å². The van der Waals surface area contributed by atoms with Crippen LogP contribution in [0.4, 0.5) is 0 Å². The summed E-state index contributed by atoms with van der Waals surface area (Å²) in [4.78, 5) is 13.8. The minimum absolute atomic E-state index is 0.111. The van der Waals surface area contributed by atoms with E-state index in [1.165, 1.54) is 4.90 Å². The lowest BCUT2D eigenvalue weighted by atomic mass is 9.76. The van der Waals surface area contributed by atoms with Crippen LogP contribution in [0.1, 0.15) is 32.6 Å². The molecule has 0 aromatic rings. The summed E-state index contributed by atoms with van der Waals surface area (Å²) in [6, 6.07) is 0. The lowest BCUT2D eigenvalue weighted by molar-refractivity contribution is -0.138. The molecule has 1 heterocycles. The molecule has 1 amide bonds. The van der Waals surface area contributed by atoms with Crippen molar-refractivity contribution < 1.29 is 15.0 Å². The van der Waals surface area contributed by atoms with Crippen LogP contribution in [0.25, 0.3) is 0 Å². The zero-order valence-electron chi connectivity index (χ0n) is 10.3. The first-order chi connectivity index (χ1) is 7.92. The highest BCUT2D eigenvalue weighted by Crippen LogP contribution is 2.32. The van der Waals surface area contributed by atoms with Crippen molar-refractivity contribution in [2.24, 2.45) is 11.7 Å². The molecule has 0 aromatic heterocycles. The molecule has 5 nitrogen and oxygen atoms in total. The summed E-state index contributed by atoms with van der Waals surface area (Å²) in [5.74, 6) is 0.356. The van der Waals surface area contributed by atoms with Crippen LogP contribution in [-0.4, -0.2) is 51.9 Å². The molecule has 1 saturated carbocycles. The number of likely N-dealkylation sites (tertiary alicyclic amines) is 1. The smallest absolute Gasteiger partial charge is 0.242 e. The minimum atomic E-state index is -0.830. The molecular formula is C12H22N2O3. The Morgan fingerprint density at radius 2 is 1.94 bits per heavy atom. The maximum Gasteiger partial charge on any atom is 0.242 e. The second kappa shape index (κ2) is 4.55. The van der Waals surface area contributed by atoms with E-state index in [-0.39, 0.29) is 19.0 Å². The van der Waals surface area contributed by atoms with Crippen molar-refractivity contribution >= 4 is 5.91 Å². The van der Waals surface area contributed by atoms with E-state index in [9.17, 15) is 15.0 Å². The van der Waals surface area contributed by atoms with Crippen LogP contribution in [0, 0.1) is 5.92 Å². The third kappa shape index (κ3) is 2.46. The van der Waals surface area contributed by atoms with E-state index in [2.05, 4.69) is 6.92 Å². The molecular weight excluding hydrogens is 220 g/mol. The molecule has 2 fully saturated rings. The number of hydrogen-bond donors (Lipinski definition) is 3. The second-order valence-electron chi connectivity index (χ2n) is 5.70. The topological polar surface area (TPSA) is 86.8 Å². The van der Waals surface area contributed by atoms with Crippen molar-refractivity contribution in [3.63, 3.8) is 0 Å². The number of nitrogens with zero attached hydrogens (tertiary/aromatic N) is 1. The van der Waals surface area contributed by atoms with Crippen molar-refractivity contribution in [3.8, 4) is 0 Å². The second-order valence-corrected chi connectivity index (χ2v) is 5.70. The molecule has 17 heavy (non-hydrogen) atoms. The SMILES string of the molecule is CC1CCCC(N)(C(=O)N2CC(O)C(O)C2)C1. The van der Waals surface area contributed by atoms with Crippen molar-refractivity contribution in [2.75, 3.05) is 13.1 Å². The van der Waals surface area contributed by atoms with E-state index >= 15 is 0 Å².